The Labute approximate surface area is 193 Å². The molecule has 4 aromatic carbocycles. The van der Waals surface area contributed by atoms with Gasteiger partial charge in [0.25, 0.3) is 0 Å². The number of halogens is 6. The predicted molar refractivity (Wildman–Crippen MR) is 122 cm³/mol. The lowest BCUT2D eigenvalue weighted by atomic mass is 9.96. The Kier molecular flexibility index (Phi) is 6.69. The lowest BCUT2D eigenvalue weighted by molar-refractivity contribution is -0.142. The van der Waals surface area contributed by atoms with Crippen LogP contribution in [-0.2, 0) is 25.4 Å². The van der Waals surface area contributed by atoms with Crippen LogP contribution in [0.15, 0.2) is 66.7 Å². The molecule has 0 aliphatic rings. The van der Waals surface area contributed by atoms with E-state index in [4.69, 9.17) is 0 Å². The predicted octanol–water partition coefficient (Wildman–Crippen LogP) is 8.68. The second kappa shape index (κ2) is 9.53. The highest BCUT2D eigenvalue weighted by atomic mass is 19.4. The van der Waals surface area contributed by atoms with Crippen LogP contribution in [0.2, 0.25) is 0 Å². The van der Waals surface area contributed by atoms with Crippen molar-refractivity contribution in [1.82, 2.24) is 0 Å². The maximum atomic E-state index is 15.2. The lowest BCUT2D eigenvalue weighted by Crippen LogP contribution is -2.11. The monoisotopic (exact) mass is 472 g/mol. The molecule has 0 unspecified atom stereocenters. The number of benzene rings is 4. The number of hydrogen-bond donors (Lipinski definition) is 0. The van der Waals surface area contributed by atoms with Crippen LogP contribution >= 0.6 is 0 Å². The number of rotatable bonds is 6. The van der Waals surface area contributed by atoms with E-state index < -0.39 is 29.2 Å². The van der Waals surface area contributed by atoms with Gasteiger partial charge < -0.3 is 0 Å². The zero-order chi connectivity index (χ0) is 24.5. The summed E-state index contributed by atoms with van der Waals surface area (Å²) in [5.41, 5.74) is 1.06. The van der Waals surface area contributed by atoms with E-state index in [0.29, 0.717) is 17.5 Å². The fourth-order valence-electron chi connectivity index (χ4n) is 4.17. The maximum Gasteiger partial charge on any atom is 0.422 e. The van der Waals surface area contributed by atoms with Gasteiger partial charge in [-0.3, -0.25) is 0 Å². The van der Waals surface area contributed by atoms with Gasteiger partial charge in [-0.2, -0.15) is 13.2 Å². The van der Waals surface area contributed by atoms with Gasteiger partial charge in [0.1, 0.15) is 23.0 Å². The van der Waals surface area contributed by atoms with Crippen molar-refractivity contribution in [1.29, 1.82) is 0 Å². The topological polar surface area (TPSA) is 0 Å². The molecule has 0 bridgehead atoms. The largest absolute Gasteiger partial charge is 0.422 e. The molecule has 0 aliphatic carbocycles. The molecule has 0 saturated heterocycles. The minimum Gasteiger partial charge on any atom is -0.206 e. The zero-order valence-corrected chi connectivity index (χ0v) is 18.4. The molecule has 0 radical (unpaired) electrons. The Morgan fingerprint density at radius 1 is 0.647 bits per heavy atom. The maximum absolute atomic E-state index is 15.2. The molecule has 0 atom stereocenters. The molecule has 0 spiro atoms. The number of fused-ring (bicyclic) bond motifs is 1. The van der Waals surface area contributed by atoms with E-state index in [2.05, 4.69) is 31.2 Å². The van der Waals surface area contributed by atoms with Crippen molar-refractivity contribution in [2.24, 2.45) is 0 Å². The van der Waals surface area contributed by atoms with Crippen LogP contribution in [0.25, 0.3) is 21.9 Å². The van der Waals surface area contributed by atoms with Gasteiger partial charge in [-0.05, 0) is 59.0 Å². The van der Waals surface area contributed by atoms with Crippen LogP contribution in [-0.4, -0.2) is 0 Å². The molecule has 0 fully saturated rings. The third-order valence-electron chi connectivity index (χ3n) is 5.92. The van der Waals surface area contributed by atoms with Gasteiger partial charge in [-0.1, -0.05) is 67.9 Å². The van der Waals surface area contributed by atoms with Gasteiger partial charge in [-0.25, -0.2) is 13.2 Å². The van der Waals surface area contributed by atoms with E-state index in [-0.39, 0.29) is 16.5 Å². The number of hydrogen-bond acceptors (Lipinski definition) is 0. The summed E-state index contributed by atoms with van der Waals surface area (Å²) < 4.78 is 81.7. The molecular weight excluding hydrogens is 450 g/mol. The van der Waals surface area contributed by atoms with Gasteiger partial charge in [0.2, 0.25) is 0 Å². The Morgan fingerprint density at radius 3 is 1.79 bits per heavy atom. The SMILES string of the molecule is CCCc1ccc(CCc2ccc3c(F)c(-c4cc(F)c(C(F)(F)F)c(F)c4)ccc3c2)cc1. The highest BCUT2D eigenvalue weighted by Crippen LogP contribution is 2.37. The van der Waals surface area contributed by atoms with Gasteiger partial charge >= 0.3 is 6.18 Å². The normalized spacial score (nSPS) is 11.9. The molecule has 0 nitrogen and oxygen atoms in total. The molecule has 4 rings (SSSR count). The van der Waals surface area contributed by atoms with E-state index in [0.717, 1.165) is 31.2 Å². The fraction of sp³-hybridized carbons (Fsp3) is 0.214. The van der Waals surface area contributed by atoms with E-state index in [1.807, 2.05) is 6.07 Å². The van der Waals surface area contributed by atoms with Crippen molar-refractivity contribution in [3.05, 3.63) is 106 Å². The summed E-state index contributed by atoms with van der Waals surface area (Å²) in [6.07, 6.45) is -1.46. The first-order chi connectivity index (χ1) is 16.2. The molecule has 176 valence electrons. The summed E-state index contributed by atoms with van der Waals surface area (Å²) >= 11 is 0. The standard InChI is InChI=1S/C28H22F6/c1-2-3-17-4-6-18(7-5-17)8-9-19-10-12-22-20(14-19)11-13-23(27(22)31)21-15-24(29)26(25(30)16-21)28(32,33)34/h4-7,10-16H,2-3,8-9H2,1H3. The van der Waals surface area contributed by atoms with Crippen LogP contribution in [0.1, 0.15) is 35.6 Å². The first-order valence-corrected chi connectivity index (χ1v) is 11.0. The molecule has 0 aliphatic heterocycles. The van der Waals surface area contributed by atoms with Crippen LogP contribution < -0.4 is 0 Å². The van der Waals surface area contributed by atoms with Crippen molar-refractivity contribution < 1.29 is 26.3 Å². The Balaban J connectivity index is 1.59. The van der Waals surface area contributed by atoms with Crippen molar-refractivity contribution in [3.8, 4) is 11.1 Å². The summed E-state index contributed by atoms with van der Waals surface area (Å²) in [4.78, 5) is 0. The Bertz CT molecular complexity index is 1300. The second-order valence-electron chi connectivity index (χ2n) is 8.36. The minimum atomic E-state index is -5.18. The van der Waals surface area contributed by atoms with E-state index in [1.54, 1.807) is 18.2 Å². The molecule has 0 amide bonds. The van der Waals surface area contributed by atoms with E-state index in [1.165, 1.54) is 17.2 Å². The average Bonchev–Trinajstić information content (AvgIpc) is 2.77. The highest BCUT2D eigenvalue weighted by molar-refractivity contribution is 5.88. The molecular formula is C28H22F6. The second-order valence-corrected chi connectivity index (χ2v) is 8.36. The van der Waals surface area contributed by atoms with E-state index >= 15 is 4.39 Å². The highest BCUT2D eigenvalue weighted by Gasteiger charge is 2.38. The van der Waals surface area contributed by atoms with E-state index in [9.17, 15) is 22.0 Å². The third kappa shape index (κ3) is 4.96. The smallest absolute Gasteiger partial charge is 0.206 e. The van der Waals surface area contributed by atoms with Crippen LogP contribution in [0.5, 0.6) is 0 Å². The Hall–Kier alpha value is -3.28. The fourth-order valence-corrected chi connectivity index (χ4v) is 4.17. The molecule has 4 aromatic rings. The molecule has 0 N–H and O–H groups in total. The summed E-state index contributed by atoms with van der Waals surface area (Å²) in [7, 11) is 0. The first-order valence-electron chi connectivity index (χ1n) is 11.0. The van der Waals surface area contributed by atoms with Crippen LogP contribution in [0.3, 0.4) is 0 Å². The summed E-state index contributed by atoms with van der Waals surface area (Å²) in [5, 5.41) is 0.829. The summed E-state index contributed by atoms with van der Waals surface area (Å²) in [5.74, 6) is -4.30. The van der Waals surface area contributed by atoms with Crippen molar-refractivity contribution in [2.75, 3.05) is 0 Å². The minimum absolute atomic E-state index is 0.168. The number of aryl methyl sites for hydroxylation is 3. The van der Waals surface area contributed by atoms with Gasteiger partial charge in [0.05, 0.1) is 0 Å². The first kappa shape index (κ1) is 23.9. The van der Waals surface area contributed by atoms with Crippen LogP contribution in [0, 0.1) is 17.5 Å². The molecule has 34 heavy (non-hydrogen) atoms. The molecule has 0 aromatic heterocycles. The average molecular weight is 472 g/mol. The van der Waals surface area contributed by atoms with Crippen molar-refractivity contribution >= 4 is 10.8 Å². The lowest BCUT2D eigenvalue weighted by Gasteiger charge is -2.13. The number of alkyl halides is 3. The zero-order valence-electron chi connectivity index (χ0n) is 18.4. The van der Waals surface area contributed by atoms with Crippen molar-refractivity contribution in [3.63, 3.8) is 0 Å². The molecule has 6 heteroatoms. The molecule has 0 heterocycles. The molecule has 0 saturated carbocycles. The van der Waals surface area contributed by atoms with Gasteiger partial charge in [-0.15, -0.1) is 0 Å². The van der Waals surface area contributed by atoms with Crippen LogP contribution in [0.4, 0.5) is 26.3 Å². The van der Waals surface area contributed by atoms with Gasteiger partial charge in [0, 0.05) is 10.9 Å². The summed E-state index contributed by atoms with van der Waals surface area (Å²) in [6, 6.07) is 17.7. The third-order valence-corrected chi connectivity index (χ3v) is 5.92. The quantitative estimate of drug-likeness (QED) is 0.246. The Morgan fingerprint density at radius 2 is 1.21 bits per heavy atom. The van der Waals surface area contributed by atoms with Crippen molar-refractivity contribution in [2.45, 2.75) is 38.8 Å². The van der Waals surface area contributed by atoms with Gasteiger partial charge in [0.15, 0.2) is 0 Å². The summed E-state index contributed by atoms with van der Waals surface area (Å²) in [6.45, 7) is 2.14.